The van der Waals surface area contributed by atoms with E-state index in [4.69, 9.17) is 38.0 Å². The molecule has 2 aromatic heterocycles. The van der Waals surface area contributed by atoms with Crippen molar-refractivity contribution in [2.75, 3.05) is 31.2 Å². The third-order valence-electron chi connectivity index (χ3n) is 6.87. The molecule has 210 valence electrons. The smallest absolute Gasteiger partial charge is 0.378 e. The Morgan fingerprint density at radius 1 is 0.829 bits per heavy atom. The van der Waals surface area contributed by atoms with Crippen molar-refractivity contribution in [3.63, 3.8) is 0 Å². The number of hydrogen-bond donors (Lipinski definition) is 0. The Morgan fingerprint density at radius 2 is 1.41 bits per heavy atom. The van der Waals surface area contributed by atoms with E-state index in [9.17, 15) is 18.0 Å². The molecular weight excluding hydrogens is 578 g/mol. The zero-order valence-electron chi connectivity index (χ0n) is 21.4. The third-order valence-corrected chi connectivity index (χ3v) is 7.37. The molecule has 1 fully saturated rings. The minimum Gasteiger partial charge on any atom is -0.378 e. The number of anilines is 1. The molecule has 41 heavy (non-hydrogen) atoms. The summed E-state index contributed by atoms with van der Waals surface area (Å²) in [5.74, 6) is 0.398. The van der Waals surface area contributed by atoms with Crippen LogP contribution in [-0.2, 0) is 17.5 Å². The summed E-state index contributed by atoms with van der Waals surface area (Å²) < 4.78 is 47.5. The van der Waals surface area contributed by atoms with Crippen LogP contribution in [0.25, 0.3) is 28.0 Å². The molecular formula is C29H22Cl2F3N5O2. The standard InChI is InChI=1S/C29H22Cl2F3N5O2/c30-22-9-3-19(4-10-22)24-25(20-5-11-23(31)12-6-20)35-27(37-13-15-41-16-14-37)39-26(24)36-38(28(39)40)17-18-1-7-21(8-2-18)29(32,33)34/h1-12H,13-17H2. The first kappa shape index (κ1) is 27.3. The maximum Gasteiger partial charge on any atom is 0.416 e. The van der Waals surface area contributed by atoms with Gasteiger partial charge in [-0.2, -0.15) is 13.2 Å². The van der Waals surface area contributed by atoms with Crippen molar-refractivity contribution in [2.45, 2.75) is 12.7 Å². The van der Waals surface area contributed by atoms with E-state index in [1.807, 2.05) is 29.2 Å². The van der Waals surface area contributed by atoms with Gasteiger partial charge in [-0.1, -0.05) is 59.6 Å². The number of alkyl halides is 3. The lowest BCUT2D eigenvalue weighted by Gasteiger charge is -2.28. The number of nitrogens with zero attached hydrogens (tertiary/aromatic N) is 5. The average molecular weight is 600 g/mol. The van der Waals surface area contributed by atoms with Crippen molar-refractivity contribution in [1.82, 2.24) is 19.2 Å². The molecule has 0 radical (unpaired) electrons. The van der Waals surface area contributed by atoms with Gasteiger partial charge in [0.25, 0.3) is 0 Å². The minimum atomic E-state index is -4.46. The average Bonchev–Trinajstić information content (AvgIpc) is 3.29. The summed E-state index contributed by atoms with van der Waals surface area (Å²) >= 11 is 12.4. The second kappa shape index (κ2) is 10.8. The summed E-state index contributed by atoms with van der Waals surface area (Å²) in [7, 11) is 0. The van der Waals surface area contributed by atoms with Gasteiger partial charge in [0, 0.05) is 28.7 Å². The highest BCUT2D eigenvalue weighted by Gasteiger charge is 2.30. The van der Waals surface area contributed by atoms with E-state index in [-0.39, 0.29) is 6.54 Å². The normalized spacial score (nSPS) is 14.1. The predicted octanol–water partition coefficient (Wildman–Crippen LogP) is 6.44. The van der Waals surface area contributed by atoms with E-state index >= 15 is 0 Å². The number of halogens is 5. The Kier molecular flexibility index (Phi) is 7.23. The number of morpholine rings is 1. The first-order valence-electron chi connectivity index (χ1n) is 12.7. The van der Waals surface area contributed by atoms with Gasteiger partial charge in [-0.25, -0.2) is 18.9 Å². The third kappa shape index (κ3) is 5.42. The fourth-order valence-electron chi connectivity index (χ4n) is 4.81. The van der Waals surface area contributed by atoms with Gasteiger partial charge in [0.05, 0.1) is 36.6 Å². The molecule has 5 aromatic rings. The van der Waals surface area contributed by atoms with E-state index in [0.29, 0.717) is 64.8 Å². The van der Waals surface area contributed by atoms with Crippen LogP contribution in [-0.4, -0.2) is 45.5 Å². The molecule has 1 aliphatic rings. The largest absolute Gasteiger partial charge is 0.416 e. The number of aromatic nitrogens is 4. The van der Waals surface area contributed by atoms with E-state index in [0.717, 1.165) is 23.3 Å². The molecule has 0 unspecified atom stereocenters. The van der Waals surface area contributed by atoms with Crippen LogP contribution in [0.1, 0.15) is 11.1 Å². The molecule has 0 aliphatic carbocycles. The Balaban J connectivity index is 1.59. The number of benzene rings is 3. The van der Waals surface area contributed by atoms with E-state index in [1.54, 1.807) is 24.3 Å². The highest BCUT2D eigenvalue weighted by Crippen LogP contribution is 2.37. The van der Waals surface area contributed by atoms with Crippen LogP contribution in [0.3, 0.4) is 0 Å². The molecule has 12 heteroatoms. The van der Waals surface area contributed by atoms with E-state index < -0.39 is 17.4 Å². The van der Waals surface area contributed by atoms with Crippen LogP contribution in [0.15, 0.2) is 77.6 Å². The quantitative estimate of drug-likeness (QED) is 0.233. The molecule has 0 bridgehead atoms. The summed E-state index contributed by atoms with van der Waals surface area (Å²) in [6, 6.07) is 19.0. The molecule has 0 saturated carbocycles. The highest BCUT2D eigenvalue weighted by molar-refractivity contribution is 6.31. The lowest BCUT2D eigenvalue weighted by atomic mass is 10.00. The SMILES string of the molecule is O=c1n(Cc2ccc(C(F)(F)F)cc2)nc2c(-c3ccc(Cl)cc3)c(-c3ccc(Cl)cc3)nc(N3CCOCC3)n12. The molecule has 0 amide bonds. The Bertz CT molecular complexity index is 1760. The summed E-state index contributed by atoms with van der Waals surface area (Å²) in [5, 5.41) is 5.83. The Hall–Kier alpha value is -3.86. The number of ether oxygens (including phenoxy) is 1. The van der Waals surface area contributed by atoms with Gasteiger partial charge in [0.2, 0.25) is 5.95 Å². The van der Waals surface area contributed by atoms with Gasteiger partial charge in [-0.3, -0.25) is 0 Å². The lowest BCUT2D eigenvalue weighted by Crippen LogP contribution is -2.39. The van der Waals surface area contributed by atoms with Crippen molar-refractivity contribution in [1.29, 1.82) is 0 Å². The van der Waals surface area contributed by atoms with Gasteiger partial charge in [-0.15, -0.1) is 5.10 Å². The summed E-state index contributed by atoms with van der Waals surface area (Å²) in [4.78, 5) is 20.9. The molecule has 3 heterocycles. The van der Waals surface area contributed by atoms with E-state index in [1.165, 1.54) is 21.2 Å². The Labute approximate surface area is 242 Å². The minimum absolute atomic E-state index is 0.0302. The summed E-state index contributed by atoms with van der Waals surface area (Å²) in [6.07, 6.45) is -4.46. The summed E-state index contributed by atoms with van der Waals surface area (Å²) in [5.41, 5.74) is 2.31. The van der Waals surface area contributed by atoms with Gasteiger partial charge in [0.1, 0.15) is 0 Å². The van der Waals surface area contributed by atoms with Crippen LogP contribution in [0.5, 0.6) is 0 Å². The fourth-order valence-corrected chi connectivity index (χ4v) is 5.06. The first-order valence-corrected chi connectivity index (χ1v) is 13.5. The number of hydrogen-bond acceptors (Lipinski definition) is 5. The topological polar surface area (TPSA) is 64.7 Å². The number of rotatable bonds is 5. The second-order valence-electron chi connectivity index (χ2n) is 9.54. The van der Waals surface area contributed by atoms with Crippen LogP contribution < -0.4 is 10.6 Å². The Morgan fingerprint density at radius 3 is 2.00 bits per heavy atom. The number of fused-ring (bicyclic) bond motifs is 1. The highest BCUT2D eigenvalue weighted by atomic mass is 35.5. The molecule has 7 nitrogen and oxygen atoms in total. The molecule has 0 N–H and O–H groups in total. The van der Waals surface area contributed by atoms with Crippen LogP contribution >= 0.6 is 23.2 Å². The monoisotopic (exact) mass is 599 g/mol. The second-order valence-corrected chi connectivity index (χ2v) is 10.4. The van der Waals surface area contributed by atoms with Crippen molar-refractivity contribution < 1.29 is 17.9 Å². The van der Waals surface area contributed by atoms with Crippen molar-refractivity contribution in [2.24, 2.45) is 0 Å². The van der Waals surface area contributed by atoms with E-state index in [2.05, 4.69) is 0 Å². The first-order chi connectivity index (χ1) is 19.7. The van der Waals surface area contributed by atoms with Gasteiger partial charge >= 0.3 is 11.9 Å². The molecule has 6 rings (SSSR count). The van der Waals surface area contributed by atoms with Crippen molar-refractivity contribution >= 4 is 34.8 Å². The van der Waals surface area contributed by atoms with Crippen LogP contribution in [0, 0.1) is 0 Å². The molecule has 3 aromatic carbocycles. The van der Waals surface area contributed by atoms with Crippen LogP contribution in [0.4, 0.5) is 19.1 Å². The van der Waals surface area contributed by atoms with Crippen LogP contribution in [0.2, 0.25) is 10.0 Å². The molecule has 1 saturated heterocycles. The maximum atomic E-state index is 13.9. The molecule has 1 aliphatic heterocycles. The van der Waals surface area contributed by atoms with Gasteiger partial charge in [-0.05, 0) is 47.5 Å². The fraction of sp³-hybridized carbons (Fsp3) is 0.207. The predicted molar refractivity (Wildman–Crippen MR) is 152 cm³/mol. The van der Waals surface area contributed by atoms with Gasteiger partial charge < -0.3 is 9.64 Å². The van der Waals surface area contributed by atoms with Gasteiger partial charge in [0.15, 0.2) is 5.65 Å². The zero-order chi connectivity index (χ0) is 28.7. The summed E-state index contributed by atoms with van der Waals surface area (Å²) in [6.45, 7) is 1.93. The zero-order valence-corrected chi connectivity index (χ0v) is 22.9. The lowest BCUT2D eigenvalue weighted by molar-refractivity contribution is -0.137. The van der Waals surface area contributed by atoms with Crippen molar-refractivity contribution in [3.05, 3.63) is 104 Å². The van der Waals surface area contributed by atoms with Crippen molar-refractivity contribution in [3.8, 4) is 22.4 Å². The maximum absolute atomic E-state index is 13.9. The molecule has 0 atom stereocenters. The molecule has 0 spiro atoms.